The minimum Gasteiger partial charge on any atom is -0.345 e. The van der Waals surface area contributed by atoms with E-state index in [4.69, 9.17) is 0 Å². The molecule has 0 aromatic carbocycles. The molecule has 0 spiro atoms. The fourth-order valence-electron chi connectivity index (χ4n) is 0.356. The van der Waals surface area contributed by atoms with Gasteiger partial charge in [0, 0.05) is 39.5 Å². The van der Waals surface area contributed by atoms with Crippen molar-refractivity contribution in [1.29, 1.82) is 0 Å². The predicted molar refractivity (Wildman–Crippen MR) is 58.3 cm³/mol. The molecule has 0 radical (unpaired) electrons. The molecule has 0 aromatic rings. The molecule has 0 saturated carbocycles. The van der Waals surface area contributed by atoms with Crippen molar-refractivity contribution in [2.24, 2.45) is 0 Å². The van der Waals surface area contributed by atoms with E-state index in [1.54, 1.807) is 0 Å². The van der Waals surface area contributed by atoms with Crippen molar-refractivity contribution < 1.29 is 4.79 Å². The number of nitrogens with one attached hydrogen (secondary N) is 1. The minimum atomic E-state index is -0.181. The van der Waals surface area contributed by atoms with Gasteiger partial charge >= 0.3 is 0 Å². The maximum absolute atomic E-state index is 10.6. The lowest BCUT2D eigenvalue weighted by molar-refractivity contribution is -0.115. The van der Waals surface area contributed by atoms with Crippen molar-refractivity contribution >= 4 is 51.1 Å². The van der Waals surface area contributed by atoms with Gasteiger partial charge < -0.3 is 5.32 Å². The minimum absolute atomic E-state index is 0.181. The molecule has 0 atom stereocenters. The van der Waals surface area contributed by atoms with Crippen molar-refractivity contribution in [2.45, 2.75) is 6.42 Å². The number of carbonyl (C=O) groups is 1. The highest BCUT2D eigenvalue weighted by Gasteiger charge is 1.91. The fraction of sp³-hybridized carbons (Fsp3) is 0.500. The van der Waals surface area contributed by atoms with Crippen molar-refractivity contribution in [1.82, 2.24) is 5.32 Å². The van der Waals surface area contributed by atoms with Crippen LogP contribution in [0.4, 0.5) is 0 Å². The Morgan fingerprint density at radius 2 is 2.30 bits per heavy atom. The fourth-order valence-corrected chi connectivity index (χ4v) is 0.982. The van der Waals surface area contributed by atoms with Gasteiger partial charge in [-0.15, -0.1) is 0 Å². The Hall–Kier alpha value is 0.490. The van der Waals surface area contributed by atoms with Crippen LogP contribution in [0.3, 0.4) is 0 Å². The maximum atomic E-state index is 10.6. The van der Waals surface area contributed by atoms with Gasteiger partial charge in [-0.25, -0.2) is 0 Å². The van der Waals surface area contributed by atoms with E-state index in [9.17, 15) is 4.79 Å². The summed E-state index contributed by atoms with van der Waals surface area (Å²) < 4.78 is 3.57. The van der Waals surface area contributed by atoms with Crippen molar-refractivity contribution in [2.75, 3.05) is 11.0 Å². The van der Waals surface area contributed by atoms with Crippen LogP contribution < -0.4 is 5.32 Å². The van der Waals surface area contributed by atoms with Gasteiger partial charge in [0.1, 0.15) is 0 Å². The Kier molecular flexibility index (Phi) is 7.97. The van der Waals surface area contributed by atoms with Crippen molar-refractivity contribution in [3.63, 3.8) is 0 Å². The maximum Gasteiger partial charge on any atom is 0.296 e. The highest BCUT2D eigenvalue weighted by atomic mass is 127. The third kappa shape index (κ3) is 6.61. The molecule has 1 N–H and O–H groups in total. The SMILES string of the molecule is O=C(C#CI)NCCCI. The summed E-state index contributed by atoms with van der Waals surface area (Å²) >= 11 is 4.11. The van der Waals surface area contributed by atoms with Crippen LogP contribution in [0.25, 0.3) is 0 Å². The molecule has 0 aliphatic heterocycles. The van der Waals surface area contributed by atoms with Gasteiger partial charge in [0.2, 0.25) is 0 Å². The first-order chi connectivity index (χ1) is 4.81. The molecule has 4 heteroatoms. The zero-order chi connectivity index (χ0) is 7.82. The molecule has 0 fully saturated rings. The Morgan fingerprint density at radius 3 is 2.80 bits per heavy atom. The van der Waals surface area contributed by atoms with Crippen molar-refractivity contribution in [3.8, 4) is 9.85 Å². The summed E-state index contributed by atoms with van der Waals surface area (Å²) in [6.45, 7) is 0.729. The molecule has 0 unspecified atom stereocenters. The number of rotatable bonds is 3. The number of hydrogen-bond acceptors (Lipinski definition) is 1. The first-order valence-electron chi connectivity index (χ1n) is 2.76. The average Bonchev–Trinajstić information content (AvgIpc) is 1.89. The van der Waals surface area contributed by atoms with Crippen molar-refractivity contribution in [3.05, 3.63) is 0 Å². The summed E-state index contributed by atoms with van der Waals surface area (Å²) in [7, 11) is 0. The predicted octanol–water partition coefficient (Wildman–Crippen LogP) is 1.32. The van der Waals surface area contributed by atoms with E-state index in [2.05, 4.69) is 37.8 Å². The monoisotopic (exact) mass is 363 g/mol. The van der Waals surface area contributed by atoms with Crippen LogP contribution in [0, 0.1) is 9.85 Å². The Bertz CT molecular complexity index is 159. The number of halogens is 2. The van der Waals surface area contributed by atoms with Crippen LogP contribution in [-0.4, -0.2) is 16.9 Å². The number of alkyl halides is 1. The van der Waals surface area contributed by atoms with E-state index in [-0.39, 0.29) is 5.91 Å². The number of hydrogen-bond donors (Lipinski definition) is 1. The van der Waals surface area contributed by atoms with Crippen LogP contribution in [0.1, 0.15) is 6.42 Å². The quantitative estimate of drug-likeness (QED) is 0.349. The molecular weight excluding hydrogens is 356 g/mol. The lowest BCUT2D eigenvalue weighted by Crippen LogP contribution is -2.22. The Labute approximate surface area is 87.8 Å². The molecule has 0 rings (SSSR count). The molecule has 1 amide bonds. The molecule has 0 aliphatic carbocycles. The Morgan fingerprint density at radius 1 is 1.60 bits per heavy atom. The smallest absolute Gasteiger partial charge is 0.296 e. The van der Waals surface area contributed by atoms with E-state index in [1.165, 1.54) is 0 Å². The highest BCUT2D eigenvalue weighted by Crippen LogP contribution is 1.84. The molecule has 0 aliphatic rings. The lowest BCUT2D eigenvalue weighted by atomic mass is 10.5. The van der Waals surface area contributed by atoms with Crippen LogP contribution in [0.5, 0.6) is 0 Å². The summed E-state index contributed by atoms with van der Waals surface area (Å²) in [5.41, 5.74) is 0. The summed E-state index contributed by atoms with van der Waals surface area (Å²) in [6, 6.07) is 0. The van der Waals surface area contributed by atoms with Gasteiger partial charge in [-0.3, -0.25) is 4.79 Å². The zero-order valence-electron chi connectivity index (χ0n) is 5.29. The summed E-state index contributed by atoms with van der Waals surface area (Å²) in [4.78, 5) is 10.6. The normalized spacial score (nSPS) is 7.80. The Balaban J connectivity index is 3.28. The summed E-state index contributed by atoms with van der Waals surface area (Å²) in [6.07, 6.45) is 1.01. The largest absolute Gasteiger partial charge is 0.345 e. The molecule has 0 bridgehead atoms. The molecule has 0 saturated heterocycles. The second-order valence-corrected chi connectivity index (χ2v) is 3.14. The van der Waals surface area contributed by atoms with E-state index in [0.29, 0.717) is 0 Å². The van der Waals surface area contributed by atoms with Crippen LogP contribution in [-0.2, 0) is 4.79 Å². The van der Waals surface area contributed by atoms with Gasteiger partial charge in [0.15, 0.2) is 0 Å². The number of carbonyl (C=O) groups excluding carboxylic acids is 1. The third-order valence-corrected chi connectivity index (χ3v) is 1.79. The van der Waals surface area contributed by atoms with Gasteiger partial charge in [-0.2, -0.15) is 0 Å². The van der Waals surface area contributed by atoms with Gasteiger partial charge in [-0.1, -0.05) is 22.6 Å². The van der Waals surface area contributed by atoms with Crippen LogP contribution in [0.2, 0.25) is 0 Å². The summed E-state index contributed by atoms with van der Waals surface area (Å²) in [5, 5.41) is 2.66. The van der Waals surface area contributed by atoms with Gasteiger partial charge in [0.05, 0.1) is 0 Å². The van der Waals surface area contributed by atoms with Crippen LogP contribution >= 0.6 is 45.2 Å². The second-order valence-electron chi connectivity index (χ2n) is 1.52. The molecular formula is C6H7I2NO. The number of amides is 1. The van der Waals surface area contributed by atoms with E-state index in [0.717, 1.165) is 17.4 Å². The zero-order valence-corrected chi connectivity index (χ0v) is 9.60. The van der Waals surface area contributed by atoms with Gasteiger partial charge in [0.25, 0.3) is 5.91 Å². The van der Waals surface area contributed by atoms with E-state index >= 15 is 0 Å². The first kappa shape index (κ1) is 10.5. The van der Waals surface area contributed by atoms with Crippen LogP contribution in [0.15, 0.2) is 0 Å². The molecule has 0 aromatic heterocycles. The molecule has 10 heavy (non-hydrogen) atoms. The third-order valence-electron chi connectivity index (χ3n) is 0.757. The molecule has 56 valence electrons. The lowest BCUT2D eigenvalue weighted by Gasteiger charge is -1.95. The average molecular weight is 363 g/mol. The molecule has 0 heterocycles. The summed E-state index contributed by atoms with van der Waals surface area (Å²) in [5.74, 6) is 2.21. The molecule has 2 nitrogen and oxygen atoms in total. The standard InChI is InChI=1S/C6H7I2NO/c7-3-1-5-9-6(10)2-4-8/h1,3,5H2,(H,9,10). The topological polar surface area (TPSA) is 29.1 Å². The first-order valence-corrected chi connectivity index (χ1v) is 5.37. The van der Waals surface area contributed by atoms with E-state index in [1.807, 2.05) is 22.6 Å². The van der Waals surface area contributed by atoms with E-state index < -0.39 is 0 Å². The second kappa shape index (κ2) is 7.60. The van der Waals surface area contributed by atoms with Gasteiger partial charge in [-0.05, 0) is 10.3 Å². The highest BCUT2D eigenvalue weighted by molar-refractivity contribution is 14.1.